The van der Waals surface area contributed by atoms with Gasteiger partial charge in [0, 0.05) is 0 Å². The molecule has 0 aromatic rings. The largest absolute Gasteiger partial charge is 0.491 e. The molecule has 104 valence electrons. The van der Waals surface area contributed by atoms with Crippen molar-refractivity contribution in [3.05, 3.63) is 59.9 Å². The Bertz CT molecular complexity index is 424. The fourth-order valence-electron chi connectivity index (χ4n) is 1.32. The Balaban J connectivity index is 4.59. The maximum Gasteiger partial charge on any atom is 0.283 e. The molecule has 0 saturated heterocycles. The van der Waals surface area contributed by atoms with E-state index in [1.165, 1.54) is 18.8 Å². The number of rotatable bonds is 7. The van der Waals surface area contributed by atoms with Gasteiger partial charge in [-0.15, -0.1) is 0 Å². The van der Waals surface area contributed by atoms with Crippen molar-refractivity contribution in [3.8, 4) is 0 Å². The summed E-state index contributed by atoms with van der Waals surface area (Å²) in [6, 6.07) is 0. The molecule has 0 aliphatic heterocycles. The van der Waals surface area contributed by atoms with Gasteiger partial charge in [0.25, 0.3) is 5.91 Å². The molecule has 0 spiro atoms. The molecule has 0 rings (SSSR count). The molecular weight excluding hydrogens is 238 g/mol. The average Bonchev–Trinajstić information content (AvgIpc) is 2.35. The standard InChI is InChI=1S/C16H23NO2/c1-5-10-14(13(2)3)11-8-6-7-9-12-15(19-4)16(17)18/h5-13H,1-4H3,(H2,17,18)/b8-6+,9-7+,10-5-,14-11+,15-12-. The molecule has 0 atom stereocenters. The Morgan fingerprint density at radius 1 is 1.11 bits per heavy atom. The number of methoxy groups -OCH3 is 1. The summed E-state index contributed by atoms with van der Waals surface area (Å²) in [4.78, 5) is 10.8. The minimum absolute atomic E-state index is 0.136. The molecule has 0 bridgehead atoms. The molecule has 0 heterocycles. The van der Waals surface area contributed by atoms with Crippen LogP contribution in [0.25, 0.3) is 0 Å². The van der Waals surface area contributed by atoms with E-state index in [2.05, 4.69) is 26.0 Å². The van der Waals surface area contributed by atoms with Crippen molar-refractivity contribution in [2.45, 2.75) is 20.8 Å². The van der Waals surface area contributed by atoms with Crippen molar-refractivity contribution in [1.82, 2.24) is 0 Å². The smallest absolute Gasteiger partial charge is 0.283 e. The molecular formula is C16H23NO2. The van der Waals surface area contributed by atoms with Gasteiger partial charge in [-0.05, 0) is 24.5 Å². The average molecular weight is 261 g/mol. The van der Waals surface area contributed by atoms with Crippen molar-refractivity contribution in [3.63, 3.8) is 0 Å². The summed E-state index contributed by atoms with van der Waals surface area (Å²) in [5.41, 5.74) is 6.35. The van der Waals surface area contributed by atoms with Gasteiger partial charge in [0.1, 0.15) is 0 Å². The number of hydrogen-bond acceptors (Lipinski definition) is 2. The van der Waals surface area contributed by atoms with Gasteiger partial charge in [0.15, 0.2) is 5.76 Å². The molecule has 19 heavy (non-hydrogen) atoms. The second kappa shape index (κ2) is 9.95. The SMILES string of the molecule is C\C=C/C(=C\C=C\C=C\C=C(/OC)C(N)=O)C(C)C. The number of nitrogens with two attached hydrogens (primary N) is 1. The third kappa shape index (κ3) is 7.82. The second-order valence-corrected chi connectivity index (χ2v) is 4.19. The highest BCUT2D eigenvalue weighted by Gasteiger charge is 2.00. The van der Waals surface area contributed by atoms with E-state index in [4.69, 9.17) is 10.5 Å². The maximum atomic E-state index is 10.8. The van der Waals surface area contributed by atoms with E-state index >= 15 is 0 Å². The fraction of sp³-hybridized carbons (Fsp3) is 0.312. The van der Waals surface area contributed by atoms with Crippen LogP contribution >= 0.6 is 0 Å². The van der Waals surface area contributed by atoms with Gasteiger partial charge < -0.3 is 10.5 Å². The summed E-state index contributed by atoms with van der Waals surface area (Å²) in [6.07, 6.45) is 15.1. The molecule has 2 N–H and O–H groups in total. The monoisotopic (exact) mass is 261 g/mol. The lowest BCUT2D eigenvalue weighted by Gasteiger charge is -2.03. The normalized spacial score (nSPS) is 14.2. The Morgan fingerprint density at radius 3 is 2.11 bits per heavy atom. The van der Waals surface area contributed by atoms with Gasteiger partial charge >= 0.3 is 0 Å². The lowest BCUT2D eigenvalue weighted by molar-refractivity contribution is -0.117. The minimum Gasteiger partial charge on any atom is -0.491 e. The highest BCUT2D eigenvalue weighted by Crippen LogP contribution is 2.10. The van der Waals surface area contributed by atoms with Crippen LogP contribution in [0.15, 0.2) is 59.9 Å². The molecule has 0 saturated carbocycles. The number of allylic oxidation sites excluding steroid dienone is 9. The molecule has 0 radical (unpaired) electrons. The highest BCUT2D eigenvalue weighted by molar-refractivity contribution is 5.90. The Hall–Kier alpha value is -2.03. The number of primary amides is 1. The van der Waals surface area contributed by atoms with E-state index in [-0.39, 0.29) is 5.76 Å². The summed E-state index contributed by atoms with van der Waals surface area (Å²) in [7, 11) is 1.41. The second-order valence-electron chi connectivity index (χ2n) is 4.19. The van der Waals surface area contributed by atoms with Crippen LogP contribution in [0.4, 0.5) is 0 Å². The maximum absolute atomic E-state index is 10.8. The lowest BCUT2D eigenvalue weighted by Crippen LogP contribution is -2.14. The van der Waals surface area contributed by atoms with Crippen molar-refractivity contribution in [2.24, 2.45) is 11.7 Å². The predicted molar refractivity (Wildman–Crippen MR) is 80.3 cm³/mol. The van der Waals surface area contributed by atoms with Crippen LogP contribution in [-0.2, 0) is 9.53 Å². The van der Waals surface area contributed by atoms with Gasteiger partial charge in [-0.25, -0.2) is 0 Å². The summed E-state index contributed by atoms with van der Waals surface area (Å²) in [6.45, 7) is 6.30. The molecule has 0 aliphatic rings. The molecule has 0 fully saturated rings. The van der Waals surface area contributed by atoms with Crippen LogP contribution in [0.3, 0.4) is 0 Å². The summed E-state index contributed by atoms with van der Waals surface area (Å²) >= 11 is 0. The Labute approximate surface area is 115 Å². The molecule has 0 unspecified atom stereocenters. The first kappa shape index (κ1) is 17.0. The third-order valence-corrected chi connectivity index (χ3v) is 2.36. The number of carbonyl (C=O) groups excluding carboxylic acids is 1. The van der Waals surface area contributed by atoms with Gasteiger partial charge in [-0.2, -0.15) is 0 Å². The van der Waals surface area contributed by atoms with Crippen molar-refractivity contribution in [2.75, 3.05) is 7.11 Å². The fourth-order valence-corrected chi connectivity index (χ4v) is 1.32. The Morgan fingerprint density at radius 2 is 1.68 bits per heavy atom. The quantitative estimate of drug-likeness (QED) is 0.434. The van der Waals surface area contributed by atoms with Gasteiger partial charge in [-0.3, -0.25) is 4.79 Å². The topological polar surface area (TPSA) is 52.3 Å². The molecule has 1 amide bonds. The Kier molecular flexibility index (Phi) is 8.88. The van der Waals surface area contributed by atoms with E-state index < -0.39 is 5.91 Å². The van der Waals surface area contributed by atoms with Gasteiger partial charge in [0.05, 0.1) is 7.11 Å². The van der Waals surface area contributed by atoms with Crippen LogP contribution in [-0.4, -0.2) is 13.0 Å². The zero-order valence-corrected chi connectivity index (χ0v) is 12.1. The van der Waals surface area contributed by atoms with Gasteiger partial charge in [-0.1, -0.05) is 56.4 Å². The zero-order chi connectivity index (χ0) is 14.7. The van der Waals surface area contributed by atoms with Crippen LogP contribution < -0.4 is 5.73 Å². The van der Waals surface area contributed by atoms with Crippen LogP contribution in [0.2, 0.25) is 0 Å². The molecule has 0 aromatic carbocycles. The van der Waals surface area contributed by atoms with Crippen LogP contribution in [0, 0.1) is 5.92 Å². The van der Waals surface area contributed by atoms with Crippen molar-refractivity contribution in [1.29, 1.82) is 0 Å². The zero-order valence-electron chi connectivity index (χ0n) is 12.1. The number of ether oxygens (including phenoxy) is 1. The highest BCUT2D eigenvalue weighted by atomic mass is 16.5. The van der Waals surface area contributed by atoms with E-state index in [1.807, 2.05) is 31.2 Å². The summed E-state index contributed by atoms with van der Waals surface area (Å²) < 4.78 is 4.81. The first-order valence-corrected chi connectivity index (χ1v) is 6.24. The first-order valence-electron chi connectivity index (χ1n) is 6.24. The first-order chi connectivity index (χ1) is 9.02. The molecule has 0 aliphatic carbocycles. The summed E-state index contributed by atoms with van der Waals surface area (Å²) in [5.74, 6) is 0.0443. The van der Waals surface area contributed by atoms with E-state index in [0.29, 0.717) is 5.92 Å². The molecule has 0 aromatic heterocycles. The van der Waals surface area contributed by atoms with Crippen molar-refractivity contribution < 1.29 is 9.53 Å². The predicted octanol–water partition coefficient (Wildman–Crippen LogP) is 3.27. The lowest BCUT2D eigenvalue weighted by atomic mass is 10.0. The van der Waals surface area contributed by atoms with E-state index in [0.717, 1.165) is 0 Å². The number of hydrogen-bond donors (Lipinski definition) is 1. The van der Waals surface area contributed by atoms with E-state index in [1.54, 1.807) is 6.08 Å². The molecule has 3 nitrogen and oxygen atoms in total. The molecule has 3 heteroatoms. The van der Waals surface area contributed by atoms with Crippen LogP contribution in [0.5, 0.6) is 0 Å². The number of amides is 1. The van der Waals surface area contributed by atoms with E-state index in [9.17, 15) is 4.79 Å². The van der Waals surface area contributed by atoms with Crippen molar-refractivity contribution >= 4 is 5.91 Å². The van der Waals surface area contributed by atoms with Gasteiger partial charge in [0.2, 0.25) is 0 Å². The summed E-state index contributed by atoms with van der Waals surface area (Å²) in [5, 5.41) is 0. The minimum atomic E-state index is -0.578. The third-order valence-electron chi connectivity index (χ3n) is 2.36. The number of carbonyl (C=O) groups is 1. The van der Waals surface area contributed by atoms with Crippen LogP contribution in [0.1, 0.15) is 20.8 Å².